The van der Waals surface area contributed by atoms with Gasteiger partial charge in [0.2, 0.25) is 0 Å². The molecule has 0 amide bonds. The summed E-state index contributed by atoms with van der Waals surface area (Å²) >= 11 is 0. The number of aliphatic hydroxyl groups excluding tert-OH is 1. The molecule has 25 heavy (non-hydrogen) atoms. The molecule has 0 atom stereocenters. The number of hydrogen-bond donors (Lipinski definition) is 1. The number of rotatable bonds is 2. The van der Waals surface area contributed by atoms with Crippen LogP contribution >= 0.6 is 0 Å². The number of ether oxygens (including phenoxy) is 1. The van der Waals surface area contributed by atoms with E-state index in [0.717, 1.165) is 55.3 Å². The standard InChI is InChI=1S/C20H21NO4/c1-24-10-12-9-15-16(18(12)22)14-8-11-4-2-6-21-7-3-5-13(17(11)21)19(14)25-20(15)23/h8,22H,2-7,9-10H2,1H3. The molecule has 0 unspecified atom stereocenters. The largest absolute Gasteiger partial charge is 0.507 e. The predicted octanol–water partition coefficient (Wildman–Crippen LogP) is 2.96. The molecule has 0 bridgehead atoms. The molecule has 1 aromatic heterocycles. The molecule has 2 aromatic rings. The Labute approximate surface area is 145 Å². The summed E-state index contributed by atoms with van der Waals surface area (Å²) in [6.07, 6.45) is 4.59. The van der Waals surface area contributed by atoms with Crippen molar-refractivity contribution in [1.29, 1.82) is 0 Å². The quantitative estimate of drug-likeness (QED) is 0.852. The Bertz CT molecular complexity index is 984. The number of methoxy groups -OCH3 is 1. The monoisotopic (exact) mass is 339 g/mol. The number of aliphatic hydroxyl groups is 1. The van der Waals surface area contributed by atoms with Crippen molar-refractivity contribution in [2.45, 2.75) is 32.1 Å². The van der Waals surface area contributed by atoms with Crippen LogP contribution in [0.3, 0.4) is 0 Å². The first-order chi connectivity index (χ1) is 12.2. The minimum Gasteiger partial charge on any atom is -0.507 e. The van der Waals surface area contributed by atoms with Crippen LogP contribution in [0, 0.1) is 0 Å². The zero-order valence-electron chi connectivity index (χ0n) is 14.4. The summed E-state index contributed by atoms with van der Waals surface area (Å²) in [4.78, 5) is 15.0. The highest BCUT2D eigenvalue weighted by Crippen LogP contribution is 2.43. The van der Waals surface area contributed by atoms with E-state index in [4.69, 9.17) is 9.15 Å². The van der Waals surface area contributed by atoms with Crippen molar-refractivity contribution in [1.82, 2.24) is 0 Å². The third-order valence-electron chi connectivity index (χ3n) is 5.77. The minimum absolute atomic E-state index is 0.199. The molecule has 3 heterocycles. The molecule has 0 saturated carbocycles. The van der Waals surface area contributed by atoms with Crippen LogP contribution in [-0.2, 0) is 24.0 Å². The summed E-state index contributed by atoms with van der Waals surface area (Å²) in [7, 11) is 1.60. The van der Waals surface area contributed by atoms with E-state index in [-0.39, 0.29) is 11.4 Å². The number of fused-ring (bicyclic) bond motifs is 4. The van der Waals surface area contributed by atoms with Crippen LogP contribution in [0.2, 0.25) is 0 Å². The zero-order valence-corrected chi connectivity index (χ0v) is 14.4. The third-order valence-corrected chi connectivity index (χ3v) is 5.77. The second-order valence-electron chi connectivity index (χ2n) is 7.24. The molecule has 1 N–H and O–H groups in total. The summed E-state index contributed by atoms with van der Waals surface area (Å²) in [5.41, 5.74) is 6.05. The SMILES string of the molecule is COCC1=C(O)c2c(c(=O)oc3c4c5c(cc23)CCCN5CCC4)C1. The summed E-state index contributed by atoms with van der Waals surface area (Å²) < 4.78 is 11.0. The molecule has 0 saturated heterocycles. The number of benzene rings is 1. The predicted molar refractivity (Wildman–Crippen MR) is 96.5 cm³/mol. The fraction of sp³-hybridized carbons (Fsp3) is 0.450. The normalized spacial score (nSPS) is 18.7. The van der Waals surface area contributed by atoms with Crippen molar-refractivity contribution in [3.8, 4) is 0 Å². The van der Waals surface area contributed by atoms with Crippen LogP contribution in [0.1, 0.15) is 35.1 Å². The van der Waals surface area contributed by atoms with Gasteiger partial charge in [0.1, 0.15) is 11.3 Å². The van der Waals surface area contributed by atoms with Crippen molar-refractivity contribution in [3.63, 3.8) is 0 Å². The zero-order chi connectivity index (χ0) is 17.1. The van der Waals surface area contributed by atoms with Gasteiger partial charge in [-0.3, -0.25) is 0 Å². The van der Waals surface area contributed by atoms with Crippen molar-refractivity contribution in [2.75, 3.05) is 31.7 Å². The minimum atomic E-state index is -0.329. The van der Waals surface area contributed by atoms with E-state index >= 15 is 0 Å². The molecule has 1 aliphatic carbocycles. The highest BCUT2D eigenvalue weighted by atomic mass is 16.5. The molecule has 5 heteroatoms. The van der Waals surface area contributed by atoms with Gasteiger partial charge in [-0.2, -0.15) is 0 Å². The van der Waals surface area contributed by atoms with Gasteiger partial charge in [0.25, 0.3) is 0 Å². The number of aryl methyl sites for hydroxylation is 2. The fourth-order valence-electron chi connectivity index (χ4n) is 4.75. The fourth-order valence-corrected chi connectivity index (χ4v) is 4.75. The van der Waals surface area contributed by atoms with Crippen molar-refractivity contribution in [2.24, 2.45) is 0 Å². The van der Waals surface area contributed by atoms with Crippen LogP contribution < -0.4 is 10.5 Å². The van der Waals surface area contributed by atoms with Crippen LogP contribution in [0.4, 0.5) is 5.69 Å². The summed E-state index contributed by atoms with van der Waals surface area (Å²) in [6.45, 7) is 2.47. The Morgan fingerprint density at radius 1 is 1.24 bits per heavy atom. The maximum absolute atomic E-state index is 12.6. The molecule has 2 aliphatic heterocycles. The number of anilines is 1. The number of nitrogens with zero attached hydrogens (tertiary/aromatic N) is 1. The molecule has 1 aromatic carbocycles. The molecule has 0 fully saturated rings. The van der Waals surface area contributed by atoms with Gasteiger partial charge >= 0.3 is 5.63 Å². The van der Waals surface area contributed by atoms with Gasteiger partial charge in [-0.1, -0.05) is 0 Å². The smallest absolute Gasteiger partial charge is 0.340 e. The van der Waals surface area contributed by atoms with E-state index in [0.29, 0.717) is 29.7 Å². The maximum Gasteiger partial charge on any atom is 0.340 e. The molecular formula is C20H21NO4. The van der Waals surface area contributed by atoms with Crippen LogP contribution in [0.5, 0.6) is 0 Å². The highest BCUT2D eigenvalue weighted by molar-refractivity contribution is 5.97. The first-order valence-corrected chi connectivity index (χ1v) is 8.98. The van der Waals surface area contributed by atoms with Crippen molar-refractivity contribution < 1.29 is 14.3 Å². The van der Waals surface area contributed by atoms with Crippen LogP contribution in [0.15, 0.2) is 20.9 Å². The van der Waals surface area contributed by atoms with E-state index in [1.165, 1.54) is 11.3 Å². The lowest BCUT2D eigenvalue weighted by Gasteiger charge is -2.37. The van der Waals surface area contributed by atoms with Gasteiger partial charge in [0.05, 0.1) is 12.2 Å². The summed E-state index contributed by atoms with van der Waals surface area (Å²) in [6, 6.07) is 2.14. The number of hydrogen-bond acceptors (Lipinski definition) is 5. The molecule has 130 valence electrons. The average molecular weight is 339 g/mol. The van der Waals surface area contributed by atoms with E-state index in [1.54, 1.807) is 7.11 Å². The lowest BCUT2D eigenvalue weighted by Crippen LogP contribution is -2.34. The van der Waals surface area contributed by atoms with Gasteiger partial charge in [0.15, 0.2) is 0 Å². The van der Waals surface area contributed by atoms with Crippen LogP contribution in [0.25, 0.3) is 16.7 Å². The molecule has 3 aliphatic rings. The molecule has 0 spiro atoms. The molecular weight excluding hydrogens is 318 g/mol. The van der Waals surface area contributed by atoms with Crippen molar-refractivity contribution >= 4 is 22.4 Å². The summed E-state index contributed by atoms with van der Waals surface area (Å²) in [5, 5.41) is 11.6. The Morgan fingerprint density at radius 2 is 2.04 bits per heavy atom. The molecule has 5 nitrogen and oxygen atoms in total. The second-order valence-corrected chi connectivity index (χ2v) is 7.24. The summed E-state index contributed by atoms with van der Waals surface area (Å²) in [5.74, 6) is 0.199. The lowest BCUT2D eigenvalue weighted by atomic mass is 9.88. The Hall–Kier alpha value is -2.27. The van der Waals surface area contributed by atoms with E-state index in [9.17, 15) is 9.90 Å². The first kappa shape index (κ1) is 15.0. The first-order valence-electron chi connectivity index (χ1n) is 8.98. The lowest BCUT2D eigenvalue weighted by molar-refractivity contribution is 0.223. The Morgan fingerprint density at radius 3 is 2.84 bits per heavy atom. The van der Waals surface area contributed by atoms with Gasteiger partial charge in [-0.05, 0) is 37.3 Å². The maximum atomic E-state index is 12.6. The van der Waals surface area contributed by atoms with Gasteiger partial charge in [-0.15, -0.1) is 0 Å². The van der Waals surface area contributed by atoms with E-state index < -0.39 is 0 Å². The van der Waals surface area contributed by atoms with E-state index in [2.05, 4.69) is 11.0 Å². The third kappa shape index (κ3) is 2.02. The van der Waals surface area contributed by atoms with Crippen LogP contribution in [-0.4, -0.2) is 31.9 Å². The van der Waals surface area contributed by atoms with E-state index in [1.807, 2.05) is 0 Å². The molecule has 0 radical (unpaired) electrons. The topological polar surface area (TPSA) is 62.9 Å². The highest BCUT2D eigenvalue weighted by Gasteiger charge is 2.32. The molecule has 5 rings (SSSR count). The van der Waals surface area contributed by atoms with Gasteiger partial charge in [-0.25, -0.2) is 4.79 Å². The van der Waals surface area contributed by atoms with Gasteiger partial charge < -0.3 is 19.2 Å². The Kier molecular flexibility index (Phi) is 3.22. The van der Waals surface area contributed by atoms with Gasteiger partial charge in [0, 0.05) is 54.4 Å². The second kappa shape index (κ2) is 5.36. The Balaban J connectivity index is 1.85. The van der Waals surface area contributed by atoms with Crippen molar-refractivity contribution in [3.05, 3.63) is 44.3 Å². The average Bonchev–Trinajstić information content (AvgIpc) is 2.95.